The lowest BCUT2D eigenvalue weighted by Crippen LogP contribution is -2.25. The van der Waals surface area contributed by atoms with Crippen molar-refractivity contribution in [3.05, 3.63) is 41.9 Å². The van der Waals surface area contributed by atoms with Crippen LogP contribution < -0.4 is 5.32 Å². The van der Waals surface area contributed by atoms with Gasteiger partial charge in [-0.3, -0.25) is 9.48 Å². The molecule has 0 aliphatic heterocycles. The average molecular weight is 315 g/mol. The van der Waals surface area contributed by atoms with Crippen LogP contribution in [0.5, 0.6) is 0 Å². The summed E-state index contributed by atoms with van der Waals surface area (Å²) in [6.45, 7) is 1.34. The Morgan fingerprint density at radius 2 is 2.23 bits per heavy atom. The molecule has 0 radical (unpaired) electrons. The van der Waals surface area contributed by atoms with Gasteiger partial charge in [-0.2, -0.15) is 5.10 Å². The van der Waals surface area contributed by atoms with Crippen molar-refractivity contribution < 1.29 is 4.79 Å². The summed E-state index contributed by atoms with van der Waals surface area (Å²) in [5.74, 6) is 0.0706. The normalized spacial score (nSPS) is 10.9. The van der Waals surface area contributed by atoms with Gasteiger partial charge in [0.15, 0.2) is 0 Å². The fourth-order valence-electron chi connectivity index (χ4n) is 2.17. The Morgan fingerprint density at radius 1 is 1.32 bits per heavy atom. The van der Waals surface area contributed by atoms with Gasteiger partial charge in [0, 0.05) is 25.9 Å². The zero-order chi connectivity index (χ0) is 15.2. The summed E-state index contributed by atoms with van der Waals surface area (Å²) in [6.07, 6.45) is 5.19. The second kappa shape index (κ2) is 7.13. The van der Waals surface area contributed by atoms with Gasteiger partial charge >= 0.3 is 0 Å². The summed E-state index contributed by atoms with van der Waals surface area (Å²) < 4.78 is 2.92. The van der Waals surface area contributed by atoms with E-state index in [4.69, 9.17) is 0 Å². The van der Waals surface area contributed by atoms with E-state index in [1.807, 2.05) is 18.2 Å². The van der Waals surface area contributed by atoms with E-state index in [9.17, 15) is 4.79 Å². The molecule has 7 heteroatoms. The zero-order valence-corrected chi connectivity index (χ0v) is 12.9. The molecule has 114 valence electrons. The lowest BCUT2D eigenvalue weighted by molar-refractivity contribution is -0.121. The molecule has 0 aliphatic rings. The van der Waals surface area contributed by atoms with Crippen LogP contribution in [0.1, 0.15) is 17.8 Å². The van der Waals surface area contributed by atoms with Gasteiger partial charge in [-0.1, -0.05) is 12.1 Å². The van der Waals surface area contributed by atoms with E-state index < -0.39 is 0 Å². The molecule has 3 aromatic rings. The molecule has 0 aliphatic carbocycles. The highest BCUT2D eigenvalue weighted by Gasteiger charge is 2.05. The number of fused-ring (bicyclic) bond motifs is 1. The van der Waals surface area contributed by atoms with E-state index in [-0.39, 0.29) is 5.91 Å². The Balaban J connectivity index is 1.38. The van der Waals surface area contributed by atoms with Crippen LogP contribution in [-0.4, -0.2) is 32.2 Å². The van der Waals surface area contributed by atoms with Crippen molar-refractivity contribution in [2.24, 2.45) is 0 Å². The lowest BCUT2D eigenvalue weighted by Gasteiger charge is -2.04. The predicted octanol–water partition coefficient (Wildman–Crippen LogP) is 2.03. The Morgan fingerprint density at radius 3 is 3.05 bits per heavy atom. The fraction of sp³-hybridized carbons (Fsp3) is 0.333. The highest BCUT2D eigenvalue weighted by molar-refractivity contribution is 7.18. The number of aromatic nitrogens is 4. The van der Waals surface area contributed by atoms with Crippen LogP contribution in [0.15, 0.2) is 36.9 Å². The number of carbonyl (C=O) groups is 1. The van der Waals surface area contributed by atoms with E-state index in [1.165, 1.54) is 11.0 Å². The van der Waals surface area contributed by atoms with Crippen molar-refractivity contribution in [1.29, 1.82) is 0 Å². The first-order valence-electron chi connectivity index (χ1n) is 7.25. The number of nitrogens with zero attached hydrogens (tertiary/aromatic N) is 4. The molecule has 0 bridgehead atoms. The molecule has 0 spiro atoms. The first-order valence-corrected chi connectivity index (χ1v) is 8.06. The molecule has 1 N–H and O–H groups in total. The lowest BCUT2D eigenvalue weighted by atomic mass is 10.3. The summed E-state index contributed by atoms with van der Waals surface area (Å²) in [5, 5.41) is 8.00. The van der Waals surface area contributed by atoms with Gasteiger partial charge in [0.2, 0.25) is 5.91 Å². The highest BCUT2D eigenvalue weighted by atomic mass is 32.1. The summed E-state index contributed by atoms with van der Waals surface area (Å²) in [6, 6.07) is 8.08. The van der Waals surface area contributed by atoms with E-state index in [0.29, 0.717) is 19.5 Å². The van der Waals surface area contributed by atoms with E-state index in [0.717, 1.165) is 23.4 Å². The predicted molar refractivity (Wildman–Crippen MR) is 85.6 cm³/mol. The summed E-state index contributed by atoms with van der Waals surface area (Å²) >= 11 is 1.68. The number of amides is 1. The minimum atomic E-state index is 0.0706. The van der Waals surface area contributed by atoms with Crippen molar-refractivity contribution in [3.63, 3.8) is 0 Å². The van der Waals surface area contributed by atoms with Crippen LogP contribution in [0.25, 0.3) is 10.2 Å². The molecule has 3 rings (SSSR count). The summed E-state index contributed by atoms with van der Waals surface area (Å²) in [5.41, 5.74) is 1.03. The average Bonchev–Trinajstić information content (AvgIpc) is 3.15. The molecule has 22 heavy (non-hydrogen) atoms. The van der Waals surface area contributed by atoms with Crippen molar-refractivity contribution >= 4 is 27.5 Å². The minimum absolute atomic E-state index is 0.0706. The molecule has 0 unspecified atom stereocenters. The van der Waals surface area contributed by atoms with E-state index in [2.05, 4.69) is 26.4 Å². The molecule has 6 nitrogen and oxygen atoms in total. The maximum atomic E-state index is 11.8. The molecule has 0 saturated heterocycles. The minimum Gasteiger partial charge on any atom is -0.356 e. The summed E-state index contributed by atoms with van der Waals surface area (Å²) in [4.78, 5) is 20.2. The fourth-order valence-corrected chi connectivity index (χ4v) is 3.14. The van der Waals surface area contributed by atoms with Crippen LogP contribution in [0.2, 0.25) is 0 Å². The van der Waals surface area contributed by atoms with E-state index in [1.54, 1.807) is 22.3 Å². The van der Waals surface area contributed by atoms with Crippen LogP contribution in [0.4, 0.5) is 0 Å². The third kappa shape index (κ3) is 3.88. The van der Waals surface area contributed by atoms with Gasteiger partial charge in [0.25, 0.3) is 0 Å². The molecule has 0 atom stereocenters. The third-order valence-corrected chi connectivity index (χ3v) is 4.35. The van der Waals surface area contributed by atoms with Gasteiger partial charge in [0.05, 0.1) is 15.2 Å². The quantitative estimate of drug-likeness (QED) is 0.724. The monoisotopic (exact) mass is 315 g/mol. The number of benzene rings is 1. The molecular formula is C15H17N5OS. The topological polar surface area (TPSA) is 72.7 Å². The number of hydrogen-bond acceptors (Lipinski definition) is 5. The second-order valence-electron chi connectivity index (χ2n) is 4.94. The molecule has 2 aromatic heterocycles. The smallest absolute Gasteiger partial charge is 0.220 e. The second-order valence-corrected chi connectivity index (χ2v) is 6.05. The van der Waals surface area contributed by atoms with Gasteiger partial charge in [-0.15, -0.1) is 11.3 Å². The van der Waals surface area contributed by atoms with Gasteiger partial charge in [0.1, 0.15) is 12.7 Å². The molecule has 1 aromatic carbocycles. The number of rotatable bonds is 7. The third-order valence-electron chi connectivity index (χ3n) is 3.26. The van der Waals surface area contributed by atoms with Crippen LogP contribution in [0.3, 0.4) is 0 Å². The maximum absolute atomic E-state index is 11.8. The SMILES string of the molecule is O=C(CCCn1cncn1)NCCc1nc2ccccc2s1. The zero-order valence-electron chi connectivity index (χ0n) is 12.1. The number of hydrogen-bond donors (Lipinski definition) is 1. The van der Waals surface area contributed by atoms with Gasteiger partial charge in [-0.25, -0.2) is 9.97 Å². The van der Waals surface area contributed by atoms with Crippen molar-refractivity contribution in [2.45, 2.75) is 25.8 Å². The number of nitrogens with one attached hydrogen (secondary N) is 1. The summed E-state index contributed by atoms with van der Waals surface area (Å²) in [7, 11) is 0. The molecule has 2 heterocycles. The molecule has 0 saturated carbocycles. The van der Waals surface area contributed by atoms with Crippen molar-refractivity contribution in [3.8, 4) is 0 Å². The van der Waals surface area contributed by atoms with E-state index >= 15 is 0 Å². The van der Waals surface area contributed by atoms with Crippen LogP contribution in [0, 0.1) is 0 Å². The van der Waals surface area contributed by atoms with Crippen molar-refractivity contribution in [1.82, 2.24) is 25.1 Å². The molecular weight excluding hydrogens is 298 g/mol. The number of thiazole rings is 1. The number of carbonyl (C=O) groups excluding carboxylic acids is 1. The Labute approximate surface area is 132 Å². The molecule has 1 amide bonds. The number of para-hydroxylation sites is 1. The molecule has 0 fully saturated rings. The van der Waals surface area contributed by atoms with Gasteiger partial charge in [-0.05, 0) is 18.6 Å². The first kappa shape index (κ1) is 14.6. The Bertz CT molecular complexity index is 704. The number of aryl methyl sites for hydroxylation is 1. The van der Waals surface area contributed by atoms with Crippen molar-refractivity contribution in [2.75, 3.05) is 6.54 Å². The highest BCUT2D eigenvalue weighted by Crippen LogP contribution is 2.21. The van der Waals surface area contributed by atoms with Crippen LogP contribution >= 0.6 is 11.3 Å². The standard InChI is InChI=1S/C15H17N5OS/c21-14(6-3-9-20-11-16-10-18-20)17-8-7-15-19-12-4-1-2-5-13(12)22-15/h1-2,4-5,10-11H,3,6-9H2,(H,17,21). The van der Waals surface area contributed by atoms with Crippen LogP contribution in [-0.2, 0) is 17.8 Å². The largest absolute Gasteiger partial charge is 0.356 e. The Kier molecular flexibility index (Phi) is 4.75. The maximum Gasteiger partial charge on any atom is 0.220 e. The first-order chi connectivity index (χ1) is 10.8. The Hall–Kier alpha value is -2.28. The van der Waals surface area contributed by atoms with Gasteiger partial charge < -0.3 is 5.32 Å².